The summed E-state index contributed by atoms with van der Waals surface area (Å²) >= 11 is 0. The largest absolute Gasteiger partial charge is 0.394 e. The third kappa shape index (κ3) is 6.73. The van der Waals surface area contributed by atoms with E-state index >= 15 is 0 Å². The average Bonchev–Trinajstić information content (AvgIpc) is 2.38. The van der Waals surface area contributed by atoms with Crippen molar-refractivity contribution < 1.29 is 5.11 Å². The molecule has 0 aromatic carbocycles. The minimum absolute atomic E-state index is 0.0943. The van der Waals surface area contributed by atoms with Gasteiger partial charge in [-0.2, -0.15) is 0 Å². The van der Waals surface area contributed by atoms with Crippen LogP contribution < -0.4 is 5.32 Å². The number of hydrogen-bond acceptors (Lipinski definition) is 3. The van der Waals surface area contributed by atoms with Crippen LogP contribution in [0.15, 0.2) is 0 Å². The van der Waals surface area contributed by atoms with Crippen molar-refractivity contribution in [2.45, 2.75) is 84.3 Å². The standard InChI is InChI=1S/C16H36N2O/c1-7-15(8-2)18(6)12-10-11-16(9-3,13-19)17-14(4)5/h14-15,17,19H,7-13H2,1-6H3. The minimum Gasteiger partial charge on any atom is -0.394 e. The molecule has 0 aliphatic carbocycles. The molecular weight excluding hydrogens is 236 g/mol. The van der Waals surface area contributed by atoms with Gasteiger partial charge < -0.3 is 15.3 Å². The van der Waals surface area contributed by atoms with E-state index in [4.69, 9.17) is 0 Å². The SMILES string of the molecule is CCC(CC)N(C)CCCC(CC)(CO)NC(C)C. The predicted octanol–water partition coefficient (Wildman–Crippen LogP) is 3.03. The Labute approximate surface area is 120 Å². The first kappa shape index (κ1) is 18.9. The van der Waals surface area contributed by atoms with Crippen LogP contribution in [0.25, 0.3) is 0 Å². The Morgan fingerprint density at radius 2 is 1.74 bits per heavy atom. The fourth-order valence-electron chi connectivity index (χ4n) is 2.96. The second kappa shape index (κ2) is 9.73. The zero-order valence-corrected chi connectivity index (χ0v) is 14.0. The summed E-state index contributed by atoms with van der Waals surface area (Å²) in [7, 11) is 2.22. The smallest absolute Gasteiger partial charge is 0.0613 e. The van der Waals surface area contributed by atoms with Crippen LogP contribution in [0.4, 0.5) is 0 Å². The van der Waals surface area contributed by atoms with Gasteiger partial charge in [0.25, 0.3) is 0 Å². The molecule has 2 N–H and O–H groups in total. The molecular formula is C16H36N2O. The van der Waals surface area contributed by atoms with Gasteiger partial charge in [-0.05, 0) is 45.7 Å². The second-order valence-corrected chi connectivity index (χ2v) is 6.15. The summed E-state index contributed by atoms with van der Waals surface area (Å²) in [6, 6.07) is 1.12. The Kier molecular flexibility index (Phi) is 9.67. The number of nitrogens with one attached hydrogen (secondary N) is 1. The normalized spacial score (nSPS) is 15.5. The van der Waals surface area contributed by atoms with Gasteiger partial charge in [-0.25, -0.2) is 0 Å². The van der Waals surface area contributed by atoms with Crippen molar-refractivity contribution in [1.82, 2.24) is 10.2 Å². The molecule has 0 spiro atoms. The summed E-state index contributed by atoms with van der Waals surface area (Å²) in [5, 5.41) is 13.3. The Hall–Kier alpha value is -0.120. The molecule has 116 valence electrons. The van der Waals surface area contributed by atoms with Crippen molar-refractivity contribution in [2.24, 2.45) is 0 Å². The highest BCUT2D eigenvalue weighted by Gasteiger charge is 2.27. The van der Waals surface area contributed by atoms with E-state index < -0.39 is 0 Å². The topological polar surface area (TPSA) is 35.5 Å². The zero-order chi connectivity index (χ0) is 14.9. The Morgan fingerprint density at radius 3 is 2.11 bits per heavy atom. The van der Waals surface area contributed by atoms with E-state index in [0.717, 1.165) is 25.8 Å². The van der Waals surface area contributed by atoms with E-state index in [-0.39, 0.29) is 12.1 Å². The lowest BCUT2D eigenvalue weighted by Crippen LogP contribution is -2.51. The summed E-state index contributed by atoms with van der Waals surface area (Å²) in [6.45, 7) is 12.3. The van der Waals surface area contributed by atoms with Crippen LogP contribution in [0.2, 0.25) is 0 Å². The molecule has 0 fully saturated rings. The maximum Gasteiger partial charge on any atom is 0.0613 e. The first-order chi connectivity index (χ1) is 8.94. The van der Waals surface area contributed by atoms with E-state index in [1.165, 1.54) is 12.8 Å². The molecule has 0 rings (SSSR count). The van der Waals surface area contributed by atoms with Crippen molar-refractivity contribution in [3.05, 3.63) is 0 Å². The summed E-state index contributed by atoms with van der Waals surface area (Å²) in [5.74, 6) is 0. The molecule has 1 unspecified atom stereocenters. The maximum atomic E-state index is 9.72. The fraction of sp³-hybridized carbons (Fsp3) is 1.00. The van der Waals surface area contributed by atoms with Gasteiger partial charge in [0, 0.05) is 17.6 Å². The molecule has 0 aromatic heterocycles. The van der Waals surface area contributed by atoms with Crippen LogP contribution in [-0.2, 0) is 0 Å². The second-order valence-electron chi connectivity index (χ2n) is 6.15. The van der Waals surface area contributed by atoms with E-state index in [2.05, 4.69) is 51.9 Å². The van der Waals surface area contributed by atoms with Crippen LogP contribution in [0.3, 0.4) is 0 Å². The van der Waals surface area contributed by atoms with Crippen LogP contribution in [0.5, 0.6) is 0 Å². The molecule has 0 bridgehead atoms. The third-order valence-electron chi connectivity index (χ3n) is 4.31. The van der Waals surface area contributed by atoms with Crippen LogP contribution in [0, 0.1) is 0 Å². The molecule has 0 aliphatic heterocycles. The van der Waals surface area contributed by atoms with Gasteiger partial charge in [0.15, 0.2) is 0 Å². The van der Waals surface area contributed by atoms with Gasteiger partial charge >= 0.3 is 0 Å². The van der Waals surface area contributed by atoms with E-state index in [1.54, 1.807) is 0 Å². The zero-order valence-electron chi connectivity index (χ0n) is 14.0. The lowest BCUT2D eigenvalue weighted by Gasteiger charge is -2.35. The third-order valence-corrected chi connectivity index (χ3v) is 4.31. The number of aliphatic hydroxyl groups excluding tert-OH is 1. The van der Waals surface area contributed by atoms with Crippen LogP contribution in [0.1, 0.15) is 66.7 Å². The van der Waals surface area contributed by atoms with Gasteiger partial charge in [0.2, 0.25) is 0 Å². The lowest BCUT2D eigenvalue weighted by molar-refractivity contribution is 0.127. The summed E-state index contributed by atoms with van der Waals surface area (Å²) < 4.78 is 0. The first-order valence-electron chi connectivity index (χ1n) is 8.03. The number of nitrogens with zero attached hydrogens (tertiary/aromatic N) is 1. The highest BCUT2D eigenvalue weighted by molar-refractivity contribution is 4.87. The predicted molar refractivity (Wildman–Crippen MR) is 84.6 cm³/mol. The summed E-state index contributed by atoms with van der Waals surface area (Å²) in [4.78, 5) is 2.47. The molecule has 19 heavy (non-hydrogen) atoms. The Balaban J connectivity index is 4.26. The highest BCUT2D eigenvalue weighted by Crippen LogP contribution is 2.19. The van der Waals surface area contributed by atoms with E-state index in [1.807, 2.05) is 0 Å². The van der Waals surface area contributed by atoms with Gasteiger partial charge in [-0.15, -0.1) is 0 Å². The summed E-state index contributed by atoms with van der Waals surface area (Å²) in [6.07, 6.45) is 5.60. The van der Waals surface area contributed by atoms with Gasteiger partial charge in [-0.3, -0.25) is 0 Å². The van der Waals surface area contributed by atoms with E-state index in [0.29, 0.717) is 12.1 Å². The Bertz CT molecular complexity index is 211. The average molecular weight is 272 g/mol. The number of hydrogen-bond donors (Lipinski definition) is 2. The molecule has 3 nitrogen and oxygen atoms in total. The van der Waals surface area contributed by atoms with Crippen LogP contribution in [-0.4, -0.2) is 47.8 Å². The van der Waals surface area contributed by atoms with Gasteiger partial charge in [0.1, 0.15) is 0 Å². The quantitative estimate of drug-likeness (QED) is 0.607. The molecule has 0 aromatic rings. The molecule has 0 radical (unpaired) electrons. The minimum atomic E-state index is -0.0943. The summed E-state index contributed by atoms with van der Waals surface area (Å²) in [5.41, 5.74) is -0.0943. The molecule has 1 atom stereocenters. The van der Waals surface area contributed by atoms with Crippen LogP contribution >= 0.6 is 0 Å². The number of rotatable bonds is 11. The van der Waals surface area contributed by atoms with Crippen molar-refractivity contribution in [2.75, 3.05) is 20.2 Å². The molecule has 0 saturated carbocycles. The van der Waals surface area contributed by atoms with Crippen molar-refractivity contribution in [3.8, 4) is 0 Å². The maximum absolute atomic E-state index is 9.72. The highest BCUT2D eigenvalue weighted by atomic mass is 16.3. The van der Waals surface area contributed by atoms with Crippen molar-refractivity contribution in [3.63, 3.8) is 0 Å². The van der Waals surface area contributed by atoms with Gasteiger partial charge in [0.05, 0.1) is 6.61 Å². The molecule has 0 heterocycles. The monoisotopic (exact) mass is 272 g/mol. The first-order valence-corrected chi connectivity index (χ1v) is 8.03. The van der Waals surface area contributed by atoms with E-state index in [9.17, 15) is 5.11 Å². The van der Waals surface area contributed by atoms with Gasteiger partial charge in [-0.1, -0.05) is 34.6 Å². The molecule has 3 heteroatoms. The molecule has 0 amide bonds. The lowest BCUT2D eigenvalue weighted by atomic mass is 9.90. The van der Waals surface area contributed by atoms with Crippen molar-refractivity contribution in [1.29, 1.82) is 0 Å². The fourth-order valence-corrected chi connectivity index (χ4v) is 2.96. The van der Waals surface area contributed by atoms with Crippen molar-refractivity contribution >= 4 is 0 Å². The molecule has 0 aliphatic rings. The Morgan fingerprint density at radius 1 is 1.16 bits per heavy atom. The number of aliphatic hydroxyl groups is 1. The molecule has 0 saturated heterocycles.